The maximum absolute atomic E-state index is 12.6. The lowest BCUT2D eigenvalue weighted by Gasteiger charge is -2.58. The van der Waals surface area contributed by atoms with Gasteiger partial charge in [-0.05, 0) is 92.3 Å². The summed E-state index contributed by atoms with van der Waals surface area (Å²) in [5.41, 5.74) is 2.59. The van der Waals surface area contributed by atoms with E-state index in [2.05, 4.69) is 33.8 Å². The average molecular weight is 541 g/mol. The number of rotatable bonds is 16. The normalized spacial score (nSPS) is 35.6. The van der Waals surface area contributed by atoms with E-state index in [-0.39, 0.29) is 12.1 Å². The molecule has 0 aliphatic heterocycles. The molecule has 2 heteroatoms. The molecule has 224 valence electrons. The van der Waals surface area contributed by atoms with Crippen LogP contribution in [0.15, 0.2) is 11.6 Å². The van der Waals surface area contributed by atoms with Gasteiger partial charge in [0.05, 0.1) is 0 Å². The molecule has 3 saturated carbocycles. The average Bonchev–Trinajstić information content (AvgIpc) is 3.26. The summed E-state index contributed by atoms with van der Waals surface area (Å²) >= 11 is 0. The largest absolute Gasteiger partial charge is 0.462 e. The van der Waals surface area contributed by atoms with Crippen LogP contribution in [0.1, 0.15) is 175 Å². The number of carbonyl (C=O) groups is 1. The number of carbonyl (C=O) groups excluding carboxylic acids is 1. The lowest BCUT2D eigenvalue weighted by Crippen LogP contribution is -2.50. The number of fused-ring (bicyclic) bond motifs is 5. The summed E-state index contributed by atoms with van der Waals surface area (Å²) in [6, 6.07) is 0. The molecule has 0 aromatic heterocycles. The first-order valence-electron chi connectivity index (χ1n) is 17.8. The van der Waals surface area contributed by atoms with Gasteiger partial charge in [-0.2, -0.15) is 0 Å². The van der Waals surface area contributed by atoms with E-state index < -0.39 is 0 Å². The molecule has 0 aromatic carbocycles. The van der Waals surface area contributed by atoms with Crippen LogP contribution < -0.4 is 0 Å². The predicted molar refractivity (Wildman–Crippen MR) is 166 cm³/mol. The minimum Gasteiger partial charge on any atom is -0.462 e. The van der Waals surface area contributed by atoms with Crippen LogP contribution in [0.5, 0.6) is 0 Å². The van der Waals surface area contributed by atoms with Gasteiger partial charge >= 0.3 is 5.97 Å². The second-order valence-corrected chi connectivity index (χ2v) is 14.9. The van der Waals surface area contributed by atoms with Crippen LogP contribution in [0.4, 0.5) is 0 Å². The van der Waals surface area contributed by atoms with Crippen molar-refractivity contribution < 1.29 is 9.53 Å². The monoisotopic (exact) mass is 540 g/mol. The van der Waals surface area contributed by atoms with Crippen LogP contribution in [0, 0.1) is 34.5 Å². The van der Waals surface area contributed by atoms with Crippen molar-refractivity contribution >= 4 is 5.97 Å². The van der Waals surface area contributed by atoms with Gasteiger partial charge in [0.25, 0.3) is 0 Å². The minimum atomic E-state index is 0.0576. The molecule has 0 heterocycles. The van der Waals surface area contributed by atoms with Crippen LogP contribution in [-0.2, 0) is 9.53 Å². The van der Waals surface area contributed by atoms with Crippen LogP contribution in [-0.4, -0.2) is 12.1 Å². The Kier molecular flexibility index (Phi) is 11.9. The van der Waals surface area contributed by atoms with Gasteiger partial charge in [0.15, 0.2) is 0 Å². The molecule has 0 N–H and O–H groups in total. The van der Waals surface area contributed by atoms with E-state index in [1.165, 1.54) is 122 Å². The highest BCUT2D eigenvalue weighted by Crippen LogP contribution is 2.66. The van der Waals surface area contributed by atoms with Crippen LogP contribution >= 0.6 is 0 Å². The third-order valence-corrected chi connectivity index (χ3v) is 12.4. The zero-order valence-corrected chi connectivity index (χ0v) is 26.5. The third-order valence-electron chi connectivity index (χ3n) is 12.4. The van der Waals surface area contributed by atoms with E-state index in [0.29, 0.717) is 17.3 Å². The smallest absolute Gasteiger partial charge is 0.306 e. The van der Waals surface area contributed by atoms with E-state index in [9.17, 15) is 4.79 Å². The van der Waals surface area contributed by atoms with Gasteiger partial charge in [0.1, 0.15) is 6.10 Å². The van der Waals surface area contributed by atoms with Gasteiger partial charge < -0.3 is 4.74 Å². The third kappa shape index (κ3) is 7.54. The van der Waals surface area contributed by atoms with Gasteiger partial charge in [-0.25, -0.2) is 0 Å². The van der Waals surface area contributed by atoms with E-state index >= 15 is 0 Å². The maximum atomic E-state index is 12.6. The molecule has 0 saturated heterocycles. The fraction of sp³-hybridized carbons (Fsp3) is 0.919. The number of ether oxygens (including phenoxy) is 1. The van der Waals surface area contributed by atoms with Gasteiger partial charge in [0, 0.05) is 12.8 Å². The predicted octanol–water partition coefficient (Wildman–Crippen LogP) is 11.4. The molecular weight excluding hydrogens is 476 g/mol. The standard InChI is InChI=1S/C37H64O2/c1-5-7-9-11-13-15-17-19-35(38)39-31-24-26-37(4)30(28-31)20-22-32-33-23-21-29(18-16-14-12-10-8-6-2)36(33,3)27-25-34(32)37/h20,29,31-34H,5-19,21-28H2,1-4H3/t29-,31+,32+,33-,34+,36-,37+/m1/s1. The van der Waals surface area contributed by atoms with Crippen molar-refractivity contribution in [3.8, 4) is 0 Å². The van der Waals surface area contributed by atoms with Crippen LogP contribution in [0.25, 0.3) is 0 Å². The fourth-order valence-corrected chi connectivity index (χ4v) is 9.95. The first-order valence-corrected chi connectivity index (χ1v) is 17.8. The maximum Gasteiger partial charge on any atom is 0.306 e. The Morgan fingerprint density at radius 1 is 0.795 bits per heavy atom. The highest BCUT2D eigenvalue weighted by molar-refractivity contribution is 5.69. The highest BCUT2D eigenvalue weighted by Gasteiger charge is 2.58. The first-order chi connectivity index (χ1) is 18.9. The fourth-order valence-electron chi connectivity index (χ4n) is 9.95. The Labute approximate surface area is 242 Å². The van der Waals surface area contributed by atoms with Crippen LogP contribution in [0.3, 0.4) is 0 Å². The number of esters is 1. The Morgan fingerprint density at radius 2 is 1.46 bits per heavy atom. The zero-order chi connectivity index (χ0) is 27.7. The molecule has 4 aliphatic rings. The number of unbranched alkanes of at least 4 members (excludes halogenated alkanes) is 11. The van der Waals surface area contributed by atoms with Crippen LogP contribution in [0.2, 0.25) is 0 Å². The molecule has 0 radical (unpaired) electrons. The quantitative estimate of drug-likeness (QED) is 0.110. The van der Waals surface area contributed by atoms with Crippen molar-refractivity contribution in [3.05, 3.63) is 11.6 Å². The van der Waals surface area contributed by atoms with Gasteiger partial charge in [0.2, 0.25) is 0 Å². The van der Waals surface area contributed by atoms with Gasteiger partial charge in [-0.15, -0.1) is 0 Å². The van der Waals surface area contributed by atoms with E-state index in [4.69, 9.17) is 4.74 Å². The molecule has 0 spiro atoms. The number of hydrogen-bond donors (Lipinski definition) is 0. The summed E-state index contributed by atoms with van der Waals surface area (Å²) in [4.78, 5) is 12.6. The van der Waals surface area contributed by atoms with Gasteiger partial charge in [-0.1, -0.05) is 116 Å². The summed E-state index contributed by atoms with van der Waals surface area (Å²) in [5.74, 6) is 3.71. The second-order valence-electron chi connectivity index (χ2n) is 14.9. The molecule has 4 rings (SSSR count). The molecule has 7 atom stereocenters. The van der Waals surface area contributed by atoms with Crippen molar-refractivity contribution in [2.75, 3.05) is 0 Å². The molecule has 0 bridgehead atoms. The molecule has 39 heavy (non-hydrogen) atoms. The Hall–Kier alpha value is -0.790. The lowest BCUT2D eigenvalue weighted by atomic mass is 9.47. The summed E-state index contributed by atoms with van der Waals surface area (Å²) in [6.07, 6.45) is 32.7. The molecular formula is C37H64O2. The minimum absolute atomic E-state index is 0.0576. The van der Waals surface area contributed by atoms with Crippen molar-refractivity contribution in [1.82, 2.24) is 0 Å². The van der Waals surface area contributed by atoms with E-state index in [0.717, 1.165) is 42.9 Å². The molecule has 2 nitrogen and oxygen atoms in total. The van der Waals surface area contributed by atoms with E-state index in [1.54, 1.807) is 5.57 Å². The zero-order valence-electron chi connectivity index (χ0n) is 26.5. The van der Waals surface area contributed by atoms with Crippen molar-refractivity contribution in [2.24, 2.45) is 34.5 Å². The molecule has 4 aliphatic carbocycles. The first kappa shape index (κ1) is 31.2. The Balaban J connectivity index is 1.24. The SMILES string of the molecule is CCCCCCCCCC(=O)O[C@H]1CC[C@@]2(C)C(=CC[C@H]3[C@H]4CC[C@@H](CCCCCCCC)[C@@]4(C)CC[C@@H]32)C1. The highest BCUT2D eigenvalue weighted by atomic mass is 16.5. The number of allylic oxidation sites excluding steroid dienone is 1. The van der Waals surface area contributed by atoms with Gasteiger partial charge in [-0.3, -0.25) is 4.79 Å². The van der Waals surface area contributed by atoms with E-state index in [1.807, 2.05) is 0 Å². The Bertz CT molecular complexity index is 784. The lowest BCUT2D eigenvalue weighted by molar-refractivity contribution is -0.151. The number of hydrogen-bond acceptors (Lipinski definition) is 2. The summed E-state index contributed by atoms with van der Waals surface area (Å²) in [5, 5.41) is 0. The summed E-state index contributed by atoms with van der Waals surface area (Å²) < 4.78 is 6.05. The van der Waals surface area contributed by atoms with Crippen molar-refractivity contribution in [2.45, 2.75) is 181 Å². The molecule has 0 aromatic rings. The molecule has 0 amide bonds. The molecule has 3 fully saturated rings. The summed E-state index contributed by atoms with van der Waals surface area (Å²) in [7, 11) is 0. The second kappa shape index (κ2) is 14.9. The molecule has 0 unspecified atom stereocenters. The summed E-state index contributed by atoms with van der Waals surface area (Å²) in [6.45, 7) is 9.88. The Morgan fingerprint density at radius 3 is 2.18 bits per heavy atom. The van der Waals surface area contributed by atoms with Crippen molar-refractivity contribution in [3.63, 3.8) is 0 Å². The van der Waals surface area contributed by atoms with Crippen molar-refractivity contribution in [1.29, 1.82) is 0 Å². The topological polar surface area (TPSA) is 26.3 Å².